The Morgan fingerprint density at radius 1 is 1.19 bits per heavy atom. The molecule has 1 fully saturated rings. The van der Waals surface area contributed by atoms with E-state index in [0.717, 1.165) is 12.1 Å². The van der Waals surface area contributed by atoms with Crippen LogP contribution in [0.1, 0.15) is 61.5 Å². The average Bonchev–Trinajstić information content (AvgIpc) is 3.39. The van der Waals surface area contributed by atoms with Gasteiger partial charge in [0.15, 0.2) is 0 Å². The first-order valence-electron chi connectivity index (χ1n) is 9.79. The summed E-state index contributed by atoms with van der Waals surface area (Å²) >= 11 is 0. The summed E-state index contributed by atoms with van der Waals surface area (Å²) in [5.41, 5.74) is 3.97. The SMILES string of the molecule is CCN(Cc1ccccc1F)C(=O)c1ccc2c(c1)C1(CC1)CC(C)(C)N2. The van der Waals surface area contributed by atoms with Crippen molar-refractivity contribution >= 4 is 11.6 Å². The number of fused-ring (bicyclic) bond motifs is 2. The lowest BCUT2D eigenvalue weighted by atomic mass is 9.78. The first kappa shape index (κ1) is 18.0. The summed E-state index contributed by atoms with van der Waals surface area (Å²) in [6.45, 7) is 7.24. The van der Waals surface area contributed by atoms with Gasteiger partial charge in [0, 0.05) is 35.4 Å². The van der Waals surface area contributed by atoms with Crippen LogP contribution in [0.2, 0.25) is 0 Å². The molecule has 142 valence electrons. The largest absolute Gasteiger partial charge is 0.380 e. The van der Waals surface area contributed by atoms with Crippen molar-refractivity contribution in [2.24, 2.45) is 0 Å². The molecule has 2 aromatic rings. The van der Waals surface area contributed by atoms with Crippen molar-refractivity contribution in [1.82, 2.24) is 4.90 Å². The highest BCUT2D eigenvalue weighted by Crippen LogP contribution is 2.58. The van der Waals surface area contributed by atoms with Gasteiger partial charge in [0.05, 0.1) is 0 Å². The number of nitrogens with one attached hydrogen (secondary N) is 1. The molecule has 0 bridgehead atoms. The van der Waals surface area contributed by atoms with E-state index in [-0.39, 0.29) is 29.2 Å². The summed E-state index contributed by atoms with van der Waals surface area (Å²) in [6, 6.07) is 12.7. The van der Waals surface area contributed by atoms with Gasteiger partial charge in [-0.1, -0.05) is 18.2 Å². The number of hydrogen-bond acceptors (Lipinski definition) is 2. The second kappa shape index (κ2) is 6.36. The van der Waals surface area contributed by atoms with Gasteiger partial charge in [-0.15, -0.1) is 0 Å². The quantitative estimate of drug-likeness (QED) is 0.815. The Bertz CT molecular complexity index is 886. The molecule has 1 spiro atoms. The fraction of sp³-hybridized carbons (Fsp3) is 0.435. The average molecular weight is 366 g/mol. The molecule has 1 N–H and O–H groups in total. The third kappa shape index (κ3) is 3.33. The van der Waals surface area contributed by atoms with Crippen molar-refractivity contribution in [2.75, 3.05) is 11.9 Å². The van der Waals surface area contributed by atoms with Crippen molar-refractivity contribution in [2.45, 2.75) is 57.5 Å². The molecule has 3 nitrogen and oxygen atoms in total. The standard InChI is InChI=1S/C23H27FN2O/c1-4-26(14-17-7-5-6-8-19(17)24)21(27)16-9-10-20-18(13-16)23(11-12-23)15-22(2,3)25-20/h5-10,13,25H,4,11-12,14-15H2,1-3H3. The van der Waals surface area contributed by atoms with Crippen LogP contribution in [0.3, 0.4) is 0 Å². The number of halogens is 1. The minimum absolute atomic E-state index is 0.0378. The van der Waals surface area contributed by atoms with E-state index in [1.807, 2.05) is 19.1 Å². The predicted octanol–water partition coefficient (Wildman–Crippen LogP) is 5.11. The van der Waals surface area contributed by atoms with Gasteiger partial charge >= 0.3 is 0 Å². The molecule has 0 radical (unpaired) electrons. The van der Waals surface area contributed by atoms with Crippen LogP contribution in [-0.4, -0.2) is 22.9 Å². The number of carbonyl (C=O) groups is 1. The van der Waals surface area contributed by atoms with Gasteiger partial charge in [0.25, 0.3) is 5.91 Å². The second-order valence-corrected chi connectivity index (χ2v) is 8.64. The van der Waals surface area contributed by atoms with E-state index in [9.17, 15) is 9.18 Å². The molecule has 4 rings (SSSR count). The van der Waals surface area contributed by atoms with E-state index < -0.39 is 0 Å². The van der Waals surface area contributed by atoms with Gasteiger partial charge in [-0.3, -0.25) is 4.79 Å². The fourth-order valence-electron chi connectivity index (χ4n) is 4.51. The van der Waals surface area contributed by atoms with E-state index in [0.29, 0.717) is 17.7 Å². The maximum atomic E-state index is 14.0. The zero-order valence-corrected chi connectivity index (χ0v) is 16.3. The summed E-state index contributed by atoms with van der Waals surface area (Å²) in [7, 11) is 0. The van der Waals surface area contributed by atoms with Crippen LogP contribution in [0.5, 0.6) is 0 Å². The zero-order valence-electron chi connectivity index (χ0n) is 16.3. The Kier molecular flexibility index (Phi) is 4.25. The highest BCUT2D eigenvalue weighted by Gasteiger charge is 2.51. The van der Waals surface area contributed by atoms with Crippen LogP contribution in [0, 0.1) is 5.82 Å². The van der Waals surface area contributed by atoms with Crippen LogP contribution in [0.25, 0.3) is 0 Å². The van der Waals surface area contributed by atoms with Crippen LogP contribution >= 0.6 is 0 Å². The molecule has 2 aromatic carbocycles. The Hall–Kier alpha value is -2.36. The van der Waals surface area contributed by atoms with E-state index >= 15 is 0 Å². The van der Waals surface area contributed by atoms with Crippen molar-refractivity contribution in [3.63, 3.8) is 0 Å². The smallest absolute Gasteiger partial charge is 0.254 e. The minimum atomic E-state index is -0.266. The molecular formula is C23H27FN2O. The molecule has 1 aliphatic carbocycles. The van der Waals surface area contributed by atoms with E-state index in [1.54, 1.807) is 23.1 Å². The molecule has 0 saturated heterocycles. The van der Waals surface area contributed by atoms with Crippen LogP contribution < -0.4 is 5.32 Å². The first-order valence-corrected chi connectivity index (χ1v) is 9.79. The maximum absolute atomic E-state index is 14.0. The van der Waals surface area contributed by atoms with Gasteiger partial charge in [0.1, 0.15) is 5.82 Å². The minimum Gasteiger partial charge on any atom is -0.380 e. The van der Waals surface area contributed by atoms with Crippen LogP contribution in [-0.2, 0) is 12.0 Å². The number of amides is 1. The molecule has 2 aliphatic rings. The van der Waals surface area contributed by atoms with Crippen LogP contribution in [0.4, 0.5) is 10.1 Å². The van der Waals surface area contributed by atoms with Gasteiger partial charge in [-0.25, -0.2) is 4.39 Å². The van der Waals surface area contributed by atoms with Gasteiger partial charge in [-0.2, -0.15) is 0 Å². The molecule has 27 heavy (non-hydrogen) atoms. The molecule has 0 unspecified atom stereocenters. The number of rotatable bonds is 4. The van der Waals surface area contributed by atoms with Crippen molar-refractivity contribution < 1.29 is 9.18 Å². The third-order valence-electron chi connectivity index (χ3n) is 5.93. The van der Waals surface area contributed by atoms with E-state index in [1.165, 1.54) is 24.5 Å². The summed E-state index contributed by atoms with van der Waals surface area (Å²) in [4.78, 5) is 14.8. The first-order chi connectivity index (χ1) is 12.8. The number of benzene rings is 2. The molecule has 1 amide bonds. The van der Waals surface area contributed by atoms with E-state index in [4.69, 9.17) is 0 Å². The highest BCUT2D eigenvalue weighted by molar-refractivity contribution is 5.95. The Labute approximate surface area is 160 Å². The third-order valence-corrected chi connectivity index (χ3v) is 5.93. The zero-order chi connectivity index (χ0) is 19.2. The second-order valence-electron chi connectivity index (χ2n) is 8.64. The lowest BCUT2D eigenvalue weighted by Crippen LogP contribution is -2.40. The van der Waals surface area contributed by atoms with Gasteiger partial charge < -0.3 is 10.2 Å². The number of carbonyl (C=O) groups excluding carboxylic acids is 1. The topological polar surface area (TPSA) is 32.3 Å². The van der Waals surface area contributed by atoms with E-state index in [2.05, 4.69) is 25.2 Å². The highest BCUT2D eigenvalue weighted by atomic mass is 19.1. The predicted molar refractivity (Wildman–Crippen MR) is 106 cm³/mol. The number of hydrogen-bond donors (Lipinski definition) is 1. The summed E-state index contributed by atoms with van der Waals surface area (Å²) < 4.78 is 14.0. The molecule has 0 aromatic heterocycles. The normalized spacial score (nSPS) is 18.5. The maximum Gasteiger partial charge on any atom is 0.254 e. The Balaban J connectivity index is 1.62. The number of anilines is 1. The molecule has 1 aliphatic heterocycles. The van der Waals surface area contributed by atoms with Crippen molar-refractivity contribution in [1.29, 1.82) is 0 Å². The van der Waals surface area contributed by atoms with Crippen molar-refractivity contribution in [3.8, 4) is 0 Å². The summed E-state index contributed by atoms with van der Waals surface area (Å²) in [5.74, 6) is -0.304. The molecule has 0 atom stereocenters. The molecule has 4 heteroatoms. The lowest BCUT2D eigenvalue weighted by molar-refractivity contribution is 0.0751. The monoisotopic (exact) mass is 366 g/mol. The molecule has 1 saturated carbocycles. The lowest BCUT2D eigenvalue weighted by Gasteiger charge is -2.39. The summed E-state index contributed by atoms with van der Waals surface area (Å²) in [6.07, 6.45) is 3.47. The van der Waals surface area contributed by atoms with Gasteiger partial charge in [0.2, 0.25) is 0 Å². The molecule has 1 heterocycles. The Morgan fingerprint density at radius 2 is 1.93 bits per heavy atom. The number of nitrogens with zero attached hydrogens (tertiary/aromatic N) is 1. The van der Waals surface area contributed by atoms with Gasteiger partial charge in [-0.05, 0) is 75.3 Å². The summed E-state index contributed by atoms with van der Waals surface area (Å²) in [5, 5.41) is 3.61. The van der Waals surface area contributed by atoms with Crippen molar-refractivity contribution in [3.05, 3.63) is 65.0 Å². The molecular weight excluding hydrogens is 339 g/mol. The fourth-order valence-corrected chi connectivity index (χ4v) is 4.51. The van der Waals surface area contributed by atoms with Crippen LogP contribution in [0.15, 0.2) is 42.5 Å². The Morgan fingerprint density at radius 3 is 2.59 bits per heavy atom.